The first-order valence-electron chi connectivity index (χ1n) is 5.57. The lowest BCUT2D eigenvalue weighted by Gasteiger charge is -2.01. The quantitative estimate of drug-likeness (QED) is 0.737. The minimum atomic E-state index is -0.158. The molecule has 0 unspecified atom stereocenters. The van der Waals surface area contributed by atoms with Gasteiger partial charge in [-0.1, -0.05) is 18.2 Å². The van der Waals surface area contributed by atoms with E-state index in [-0.39, 0.29) is 5.91 Å². The van der Waals surface area contributed by atoms with E-state index < -0.39 is 0 Å². The second-order valence-corrected chi connectivity index (χ2v) is 3.91. The fourth-order valence-electron chi connectivity index (χ4n) is 1.81. The molecule has 0 atom stereocenters. The molecule has 2 heterocycles. The number of aromatic nitrogens is 2. The number of amides is 1. The summed E-state index contributed by atoms with van der Waals surface area (Å²) in [4.78, 5) is 12.0. The number of nitrogens with zero attached hydrogens (tertiary/aromatic N) is 1. The molecule has 1 amide bonds. The Balaban J connectivity index is 1.80. The summed E-state index contributed by atoms with van der Waals surface area (Å²) in [7, 11) is 0. The molecule has 0 saturated heterocycles. The highest BCUT2D eigenvalue weighted by molar-refractivity contribution is 6.05. The predicted molar refractivity (Wildman–Crippen MR) is 66.0 cm³/mol. The van der Waals surface area contributed by atoms with Gasteiger partial charge in [0.05, 0.1) is 17.8 Å². The maximum Gasteiger partial charge on any atom is 0.255 e. The van der Waals surface area contributed by atoms with Gasteiger partial charge in [0.2, 0.25) is 0 Å². The SMILES string of the molecule is O=C(NCc1ccn[nH]1)c1coc2ccccc12. The fraction of sp³-hybridized carbons (Fsp3) is 0.0769. The van der Waals surface area contributed by atoms with Crippen LogP contribution >= 0.6 is 0 Å². The van der Waals surface area contributed by atoms with Crippen LogP contribution in [-0.2, 0) is 6.54 Å². The van der Waals surface area contributed by atoms with Gasteiger partial charge in [0.1, 0.15) is 11.8 Å². The smallest absolute Gasteiger partial charge is 0.255 e. The number of hydrogen-bond donors (Lipinski definition) is 2. The number of fused-ring (bicyclic) bond motifs is 1. The fourth-order valence-corrected chi connectivity index (χ4v) is 1.81. The van der Waals surface area contributed by atoms with Crippen molar-refractivity contribution in [1.82, 2.24) is 15.5 Å². The number of nitrogens with one attached hydrogen (secondary N) is 2. The minimum Gasteiger partial charge on any atom is -0.463 e. The van der Waals surface area contributed by atoms with Gasteiger partial charge in [-0.2, -0.15) is 5.10 Å². The van der Waals surface area contributed by atoms with Crippen LogP contribution in [0, 0.1) is 0 Å². The predicted octanol–water partition coefficient (Wildman–Crippen LogP) is 2.09. The summed E-state index contributed by atoms with van der Waals surface area (Å²) in [5.41, 5.74) is 2.12. The van der Waals surface area contributed by atoms with Crippen LogP contribution in [0.5, 0.6) is 0 Å². The molecule has 0 aliphatic rings. The van der Waals surface area contributed by atoms with Crippen molar-refractivity contribution in [2.75, 3.05) is 0 Å². The van der Waals surface area contributed by atoms with Gasteiger partial charge in [-0.15, -0.1) is 0 Å². The number of para-hydroxylation sites is 1. The van der Waals surface area contributed by atoms with Crippen molar-refractivity contribution in [3.8, 4) is 0 Å². The second kappa shape index (κ2) is 4.37. The molecular formula is C13H11N3O2. The Labute approximate surface area is 103 Å². The van der Waals surface area contributed by atoms with E-state index in [1.165, 1.54) is 6.26 Å². The van der Waals surface area contributed by atoms with E-state index in [1.807, 2.05) is 30.3 Å². The number of H-pyrrole nitrogens is 1. The van der Waals surface area contributed by atoms with Crippen LogP contribution in [0.25, 0.3) is 11.0 Å². The molecule has 0 aliphatic carbocycles. The van der Waals surface area contributed by atoms with Crippen molar-refractivity contribution in [3.63, 3.8) is 0 Å². The molecule has 5 heteroatoms. The van der Waals surface area contributed by atoms with Crippen molar-refractivity contribution in [3.05, 3.63) is 54.0 Å². The topological polar surface area (TPSA) is 70.9 Å². The Morgan fingerprint density at radius 2 is 2.22 bits per heavy atom. The zero-order chi connectivity index (χ0) is 12.4. The number of hydrogen-bond acceptors (Lipinski definition) is 3. The second-order valence-electron chi connectivity index (χ2n) is 3.91. The minimum absolute atomic E-state index is 0.158. The zero-order valence-electron chi connectivity index (χ0n) is 9.51. The number of furan rings is 1. The first-order valence-corrected chi connectivity index (χ1v) is 5.57. The Hall–Kier alpha value is -2.56. The standard InChI is InChI=1S/C13H11N3O2/c17-13(14-7-9-5-6-15-16-9)11-8-18-12-4-2-1-3-10(11)12/h1-6,8H,7H2,(H,14,17)(H,15,16). The highest BCUT2D eigenvalue weighted by Gasteiger charge is 2.12. The Kier molecular flexibility index (Phi) is 2.57. The third-order valence-corrected chi connectivity index (χ3v) is 2.72. The largest absolute Gasteiger partial charge is 0.463 e. The van der Waals surface area contributed by atoms with Crippen LogP contribution in [0.15, 0.2) is 47.2 Å². The summed E-state index contributed by atoms with van der Waals surface area (Å²) >= 11 is 0. The van der Waals surface area contributed by atoms with Crippen molar-refractivity contribution < 1.29 is 9.21 Å². The lowest BCUT2D eigenvalue weighted by atomic mass is 10.1. The molecule has 0 saturated carbocycles. The average molecular weight is 241 g/mol. The molecule has 3 rings (SSSR count). The van der Waals surface area contributed by atoms with Crippen LogP contribution in [0.4, 0.5) is 0 Å². The molecule has 0 spiro atoms. The monoisotopic (exact) mass is 241 g/mol. The van der Waals surface area contributed by atoms with E-state index in [0.717, 1.165) is 11.1 Å². The maximum absolute atomic E-state index is 12.0. The third-order valence-electron chi connectivity index (χ3n) is 2.72. The summed E-state index contributed by atoms with van der Waals surface area (Å²) < 4.78 is 5.33. The van der Waals surface area contributed by atoms with Crippen molar-refractivity contribution in [1.29, 1.82) is 0 Å². The van der Waals surface area contributed by atoms with Gasteiger partial charge in [0.15, 0.2) is 0 Å². The number of benzene rings is 1. The van der Waals surface area contributed by atoms with Gasteiger partial charge in [0.25, 0.3) is 5.91 Å². The molecular weight excluding hydrogens is 230 g/mol. The van der Waals surface area contributed by atoms with Crippen molar-refractivity contribution in [2.45, 2.75) is 6.54 Å². The molecule has 0 radical (unpaired) electrons. The average Bonchev–Trinajstić information content (AvgIpc) is 3.05. The van der Waals surface area contributed by atoms with E-state index in [2.05, 4.69) is 15.5 Å². The van der Waals surface area contributed by atoms with E-state index in [0.29, 0.717) is 17.7 Å². The van der Waals surface area contributed by atoms with E-state index in [1.54, 1.807) is 6.20 Å². The van der Waals surface area contributed by atoms with Crippen LogP contribution in [0.2, 0.25) is 0 Å². The Bertz CT molecular complexity index is 670. The first-order chi connectivity index (χ1) is 8.84. The van der Waals surface area contributed by atoms with Crippen LogP contribution in [0.1, 0.15) is 16.1 Å². The summed E-state index contributed by atoms with van der Waals surface area (Å²) in [5.74, 6) is -0.158. The lowest BCUT2D eigenvalue weighted by Crippen LogP contribution is -2.22. The molecule has 18 heavy (non-hydrogen) atoms. The molecule has 2 N–H and O–H groups in total. The number of carbonyl (C=O) groups excluding carboxylic acids is 1. The summed E-state index contributed by atoms with van der Waals surface area (Å²) in [6.07, 6.45) is 3.13. The third kappa shape index (κ3) is 1.86. The van der Waals surface area contributed by atoms with Crippen LogP contribution in [-0.4, -0.2) is 16.1 Å². The molecule has 0 bridgehead atoms. The molecule has 90 valence electrons. The van der Waals surface area contributed by atoms with Crippen LogP contribution < -0.4 is 5.32 Å². The highest BCUT2D eigenvalue weighted by atomic mass is 16.3. The molecule has 0 aliphatic heterocycles. The molecule has 2 aromatic heterocycles. The maximum atomic E-state index is 12.0. The van der Waals surface area contributed by atoms with E-state index in [4.69, 9.17) is 4.42 Å². The lowest BCUT2D eigenvalue weighted by molar-refractivity contribution is 0.0951. The Morgan fingerprint density at radius 3 is 3.06 bits per heavy atom. The summed E-state index contributed by atoms with van der Waals surface area (Å²) in [6.45, 7) is 0.415. The summed E-state index contributed by atoms with van der Waals surface area (Å²) in [6, 6.07) is 9.26. The van der Waals surface area contributed by atoms with Gasteiger partial charge in [0, 0.05) is 11.6 Å². The van der Waals surface area contributed by atoms with Crippen LogP contribution in [0.3, 0.4) is 0 Å². The van der Waals surface area contributed by atoms with Gasteiger partial charge in [-0.3, -0.25) is 9.89 Å². The van der Waals surface area contributed by atoms with Crippen molar-refractivity contribution in [2.24, 2.45) is 0 Å². The molecule has 1 aromatic carbocycles. The van der Waals surface area contributed by atoms with E-state index in [9.17, 15) is 4.79 Å². The zero-order valence-corrected chi connectivity index (χ0v) is 9.51. The molecule has 3 aromatic rings. The normalized spacial score (nSPS) is 10.7. The van der Waals surface area contributed by atoms with Gasteiger partial charge >= 0.3 is 0 Å². The highest BCUT2D eigenvalue weighted by Crippen LogP contribution is 2.20. The first kappa shape index (κ1) is 10.6. The number of carbonyl (C=O) groups is 1. The number of rotatable bonds is 3. The molecule has 0 fully saturated rings. The van der Waals surface area contributed by atoms with Gasteiger partial charge in [-0.25, -0.2) is 0 Å². The molecule has 5 nitrogen and oxygen atoms in total. The summed E-state index contributed by atoms with van der Waals surface area (Å²) in [5, 5.41) is 10.2. The van der Waals surface area contributed by atoms with Gasteiger partial charge in [-0.05, 0) is 12.1 Å². The van der Waals surface area contributed by atoms with Crippen molar-refractivity contribution >= 4 is 16.9 Å². The number of aromatic amines is 1. The van der Waals surface area contributed by atoms with Gasteiger partial charge < -0.3 is 9.73 Å². The van der Waals surface area contributed by atoms with E-state index >= 15 is 0 Å². The Morgan fingerprint density at radius 1 is 1.33 bits per heavy atom.